The zero-order valence-corrected chi connectivity index (χ0v) is 33.8. The lowest BCUT2D eigenvalue weighted by Crippen LogP contribution is -2.34. The molecule has 0 bridgehead atoms. The SMILES string of the molecule is C1=CCCC(c2cccc(N(C3=c4ccccc4=CCC3)c3ccc(-c4cc(-n5c6ccccc6c6ccc(-c7ccccc7)cc65)cc5c4oc4ccccc45)cc3)c2)=C1. The van der Waals surface area contributed by atoms with Gasteiger partial charge in [0.05, 0.1) is 11.0 Å². The van der Waals surface area contributed by atoms with E-state index in [4.69, 9.17) is 4.42 Å². The molecule has 2 aliphatic rings. The van der Waals surface area contributed by atoms with Gasteiger partial charge in [0.25, 0.3) is 0 Å². The summed E-state index contributed by atoms with van der Waals surface area (Å²) in [5, 5.41) is 7.28. The molecule has 0 spiro atoms. The van der Waals surface area contributed by atoms with Crippen LogP contribution in [-0.4, -0.2) is 4.57 Å². The quantitative estimate of drug-likeness (QED) is 0.161. The van der Waals surface area contributed by atoms with E-state index in [0.717, 1.165) is 70.1 Å². The molecule has 0 amide bonds. The van der Waals surface area contributed by atoms with Gasteiger partial charge in [0.15, 0.2) is 0 Å². The van der Waals surface area contributed by atoms with Crippen molar-refractivity contribution >= 4 is 72.5 Å². The number of furan rings is 1. The third-order valence-corrected chi connectivity index (χ3v) is 12.7. The van der Waals surface area contributed by atoms with E-state index in [1.807, 2.05) is 0 Å². The maximum absolute atomic E-state index is 6.78. The number of anilines is 2. The van der Waals surface area contributed by atoms with Gasteiger partial charge in [0, 0.05) is 55.1 Å². The van der Waals surface area contributed by atoms with Crippen LogP contribution in [0.5, 0.6) is 0 Å². The zero-order valence-electron chi connectivity index (χ0n) is 33.8. The lowest BCUT2D eigenvalue weighted by molar-refractivity contribution is 0.670. The Morgan fingerprint density at radius 3 is 2.15 bits per heavy atom. The number of benzene rings is 8. The van der Waals surface area contributed by atoms with Crippen molar-refractivity contribution in [3.8, 4) is 27.9 Å². The number of rotatable bonds is 7. The summed E-state index contributed by atoms with van der Waals surface area (Å²) in [4.78, 5) is 2.49. The Hall–Kier alpha value is -7.62. The monoisotopic (exact) mass is 782 g/mol. The van der Waals surface area contributed by atoms with E-state index < -0.39 is 0 Å². The van der Waals surface area contributed by atoms with Gasteiger partial charge in [-0.25, -0.2) is 0 Å². The predicted molar refractivity (Wildman–Crippen MR) is 257 cm³/mol. The normalized spacial score (nSPS) is 13.8. The molecule has 8 aromatic carbocycles. The lowest BCUT2D eigenvalue weighted by Gasteiger charge is -2.30. The largest absolute Gasteiger partial charge is 0.455 e. The van der Waals surface area contributed by atoms with Crippen LogP contribution in [0.4, 0.5) is 11.4 Å². The molecule has 3 heteroatoms. The first-order valence-electron chi connectivity index (χ1n) is 21.4. The first kappa shape index (κ1) is 35.3. The second-order valence-electron chi connectivity index (χ2n) is 16.3. The van der Waals surface area contributed by atoms with E-state index >= 15 is 0 Å². The Balaban J connectivity index is 1.06. The van der Waals surface area contributed by atoms with Crippen molar-refractivity contribution in [3.63, 3.8) is 0 Å². The van der Waals surface area contributed by atoms with Crippen LogP contribution in [0.3, 0.4) is 0 Å². The number of hydrogen-bond donors (Lipinski definition) is 0. The molecule has 0 saturated carbocycles. The molecule has 61 heavy (non-hydrogen) atoms. The fourth-order valence-corrected chi connectivity index (χ4v) is 9.82. The first-order valence-corrected chi connectivity index (χ1v) is 21.4. The smallest absolute Gasteiger partial charge is 0.143 e. The van der Waals surface area contributed by atoms with Crippen LogP contribution in [-0.2, 0) is 0 Å². The molecule has 2 aliphatic carbocycles. The maximum atomic E-state index is 6.78. The number of hydrogen-bond acceptors (Lipinski definition) is 2. The average molecular weight is 783 g/mol. The van der Waals surface area contributed by atoms with Crippen LogP contribution in [0.25, 0.3) is 89.0 Å². The van der Waals surface area contributed by atoms with Gasteiger partial charge in [-0.1, -0.05) is 152 Å². The minimum absolute atomic E-state index is 0.889. The second kappa shape index (κ2) is 14.6. The third kappa shape index (κ3) is 6.04. The molecule has 0 unspecified atom stereocenters. The van der Waals surface area contributed by atoms with Crippen molar-refractivity contribution in [1.29, 1.82) is 0 Å². The molecule has 10 aromatic rings. The van der Waals surface area contributed by atoms with E-state index in [2.05, 4.69) is 216 Å². The van der Waals surface area contributed by atoms with Gasteiger partial charge in [-0.15, -0.1) is 0 Å². The van der Waals surface area contributed by atoms with Crippen molar-refractivity contribution < 1.29 is 4.42 Å². The highest BCUT2D eigenvalue weighted by Crippen LogP contribution is 2.43. The van der Waals surface area contributed by atoms with Crippen LogP contribution in [0, 0.1) is 0 Å². The second-order valence-corrected chi connectivity index (χ2v) is 16.3. The van der Waals surface area contributed by atoms with Gasteiger partial charge in [0.2, 0.25) is 0 Å². The van der Waals surface area contributed by atoms with Crippen molar-refractivity contribution in [3.05, 3.63) is 216 Å². The molecule has 290 valence electrons. The van der Waals surface area contributed by atoms with Crippen LogP contribution in [0.15, 0.2) is 205 Å². The number of allylic oxidation sites excluding steroid dienone is 4. The van der Waals surface area contributed by atoms with E-state index in [-0.39, 0.29) is 0 Å². The zero-order chi connectivity index (χ0) is 40.3. The minimum atomic E-state index is 0.889. The molecular formula is C58H42N2O. The first-order chi connectivity index (χ1) is 30.2. The fraction of sp³-hybridized carbons (Fsp3) is 0.0690. The molecular weight excluding hydrogens is 741 g/mol. The van der Waals surface area contributed by atoms with Crippen molar-refractivity contribution in [1.82, 2.24) is 4.57 Å². The van der Waals surface area contributed by atoms with Gasteiger partial charge in [0.1, 0.15) is 11.2 Å². The summed E-state index contributed by atoms with van der Waals surface area (Å²) in [6.07, 6.45) is 13.2. The van der Waals surface area contributed by atoms with Gasteiger partial charge >= 0.3 is 0 Å². The highest BCUT2D eigenvalue weighted by molar-refractivity contribution is 6.13. The fourth-order valence-electron chi connectivity index (χ4n) is 9.82. The molecule has 2 heterocycles. The molecule has 0 aliphatic heterocycles. The van der Waals surface area contributed by atoms with Crippen LogP contribution in [0.2, 0.25) is 0 Å². The van der Waals surface area contributed by atoms with E-state index in [9.17, 15) is 0 Å². The van der Waals surface area contributed by atoms with Crippen LogP contribution >= 0.6 is 0 Å². The Labute approximate surface area is 354 Å². The van der Waals surface area contributed by atoms with E-state index in [1.165, 1.54) is 65.9 Å². The van der Waals surface area contributed by atoms with E-state index in [0.29, 0.717) is 0 Å². The Morgan fingerprint density at radius 2 is 1.26 bits per heavy atom. The van der Waals surface area contributed by atoms with Crippen LogP contribution < -0.4 is 15.3 Å². The Morgan fingerprint density at radius 1 is 0.492 bits per heavy atom. The standard InChI is InChI=1S/C58H42N2O/c1-3-15-39(16-4-1)43-21-13-22-46(35-43)59(54-27-14-20-41-19-7-8-23-48(41)54)45-32-29-42(30-33-45)52-37-47(38-53-51-25-10-12-28-57(51)61-58(52)53)60-55-26-11-9-24-49(55)50-34-31-44(36-56(50)60)40-17-5-2-6-18-40/h1-3,5-13,15,17-26,28-38H,4,14,16,27H2. The molecule has 12 rings (SSSR count). The lowest BCUT2D eigenvalue weighted by atomic mass is 9.96. The molecule has 0 atom stereocenters. The molecule has 2 aromatic heterocycles. The summed E-state index contributed by atoms with van der Waals surface area (Å²) in [5.74, 6) is 0. The van der Waals surface area contributed by atoms with Crippen molar-refractivity contribution in [2.45, 2.75) is 25.7 Å². The topological polar surface area (TPSA) is 21.3 Å². The Kier molecular flexibility index (Phi) is 8.45. The predicted octanol–water partition coefficient (Wildman–Crippen LogP) is 14.3. The average Bonchev–Trinajstić information content (AvgIpc) is 3.88. The summed E-state index contributed by atoms with van der Waals surface area (Å²) < 4.78 is 9.22. The minimum Gasteiger partial charge on any atom is -0.455 e. The van der Waals surface area contributed by atoms with Crippen molar-refractivity contribution in [2.24, 2.45) is 0 Å². The number of fused-ring (bicyclic) bond motifs is 7. The number of nitrogens with zero attached hydrogens (tertiary/aromatic N) is 2. The maximum Gasteiger partial charge on any atom is 0.143 e. The van der Waals surface area contributed by atoms with Gasteiger partial charge in [-0.2, -0.15) is 0 Å². The number of para-hydroxylation sites is 2. The van der Waals surface area contributed by atoms with Gasteiger partial charge in [-0.05, 0) is 113 Å². The molecule has 0 radical (unpaired) electrons. The Bertz CT molecular complexity index is 3530. The van der Waals surface area contributed by atoms with Gasteiger partial charge < -0.3 is 13.9 Å². The third-order valence-electron chi connectivity index (χ3n) is 12.7. The molecule has 0 saturated heterocycles. The highest BCUT2D eigenvalue weighted by Gasteiger charge is 2.22. The molecule has 0 fully saturated rings. The van der Waals surface area contributed by atoms with E-state index in [1.54, 1.807) is 0 Å². The van der Waals surface area contributed by atoms with Crippen LogP contribution in [0.1, 0.15) is 31.2 Å². The molecule has 0 N–H and O–H groups in total. The summed E-state index contributed by atoms with van der Waals surface area (Å²) in [5.41, 5.74) is 16.1. The van der Waals surface area contributed by atoms with Crippen molar-refractivity contribution in [2.75, 3.05) is 4.90 Å². The number of aromatic nitrogens is 1. The highest BCUT2D eigenvalue weighted by atomic mass is 16.3. The molecule has 3 nitrogen and oxygen atoms in total. The summed E-state index contributed by atoms with van der Waals surface area (Å²) in [6, 6.07) is 66.5. The summed E-state index contributed by atoms with van der Waals surface area (Å²) in [6.45, 7) is 0. The summed E-state index contributed by atoms with van der Waals surface area (Å²) >= 11 is 0. The van der Waals surface area contributed by atoms with Gasteiger partial charge in [-0.3, -0.25) is 0 Å². The summed E-state index contributed by atoms with van der Waals surface area (Å²) in [7, 11) is 0.